The van der Waals surface area contributed by atoms with Crippen LogP contribution in [0, 0.1) is 6.92 Å². The minimum absolute atomic E-state index is 0.00366. The van der Waals surface area contributed by atoms with E-state index in [1.807, 2.05) is 56.3 Å². The van der Waals surface area contributed by atoms with E-state index in [0.717, 1.165) is 30.4 Å². The first-order chi connectivity index (χ1) is 16.4. The van der Waals surface area contributed by atoms with E-state index in [1.54, 1.807) is 15.9 Å². The summed E-state index contributed by atoms with van der Waals surface area (Å²) in [5, 5.41) is 0.507. The quantitative estimate of drug-likeness (QED) is 0.399. The molecule has 3 rings (SSSR count). The van der Waals surface area contributed by atoms with E-state index in [4.69, 9.17) is 4.42 Å². The smallest absolute Gasteiger partial charge is 0.242 e. The zero-order valence-electron chi connectivity index (χ0n) is 20.4. The summed E-state index contributed by atoms with van der Waals surface area (Å²) in [5.41, 5.74) is 2.73. The van der Waals surface area contributed by atoms with E-state index in [1.165, 1.54) is 6.26 Å². The number of carbonyl (C=O) groups excluding carboxylic acids is 2. The predicted molar refractivity (Wildman–Crippen MR) is 134 cm³/mol. The number of rotatable bonds is 11. The van der Waals surface area contributed by atoms with Crippen LogP contribution in [0.25, 0.3) is 11.0 Å². The Morgan fingerprint density at radius 2 is 1.68 bits per heavy atom. The molecule has 2 aromatic carbocycles. The Bertz CT molecular complexity index is 1170. The number of hydrogen-bond donors (Lipinski definition) is 0. The molecule has 1 aromatic heterocycles. The summed E-state index contributed by atoms with van der Waals surface area (Å²) in [6.45, 7) is 6.96. The van der Waals surface area contributed by atoms with Crippen molar-refractivity contribution >= 4 is 22.8 Å². The third-order valence-electron chi connectivity index (χ3n) is 5.85. The maximum atomic E-state index is 13.5. The van der Waals surface area contributed by atoms with E-state index in [9.17, 15) is 14.4 Å². The van der Waals surface area contributed by atoms with Gasteiger partial charge in [0.1, 0.15) is 5.58 Å². The Balaban J connectivity index is 1.89. The lowest BCUT2D eigenvalue weighted by Gasteiger charge is -2.28. The molecule has 0 saturated heterocycles. The third-order valence-corrected chi connectivity index (χ3v) is 5.85. The van der Waals surface area contributed by atoms with Crippen LogP contribution in [-0.2, 0) is 22.7 Å². The summed E-state index contributed by atoms with van der Waals surface area (Å²) < 4.78 is 5.71. The second-order valence-electron chi connectivity index (χ2n) is 8.74. The van der Waals surface area contributed by atoms with Gasteiger partial charge in [-0.2, -0.15) is 0 Å². The molecule has 0 N–H and O–H groups in total. The molecule has 0 radical (unpaired) electrons. The van der Waals surface area contributed by atoms with E-state index in [2.05, 4.69) is 6.92 Å². The average molecular weight is 463 g/mol. The van der Waals surface area contributed by atoms with Crippen LogP contribution in [0.15, 0.2) is 64.0 Å². The average Bonchev–Trinajstić information content (AvgIpc) is 2.83. The summed E-state index contributed by atoms with van der Waals surface area (Å²) in [4.78, 5) is 42.6. The second-order valence-corrected chi connectivity index (χ2v) is 8.74. The van der Waals surface area contributed by atoms with Crippen molar-refractivity contribution in [3.8, 4) is 0 Å². The van der Waals surface area contributed by atoms with Crippen molar-refractivity contribution in [1.29, 1.82) is 0 Å². The molecule has 0 spiro atoms. The maximum Gasteiger partial charge on any atom is 0.242 e. The molecule has 0 atom stereocenters. The number of fused-ring (bicyclic) bond motifs is 1. The van der Waals surface area contributed by atoms with Crippen LogP contribution in [0.5, 0.6) is 0 Å². The normalized spacial score (nSPS) is 10.9. The van der Waals surface area contributed by atoms with Crippen LogP contribution in [0.4, 0.5) is 0 Å². The van der Waals surface area contributed by atoms with Gasteiger partial charge in [0.2, 0.25) is 11.8 Å². The van der Waals surface area contributed by atoms with E-state index < -0.39 is 0 Å². The van der Waals surface area contributed by atoms with Crippen LogP contribution < -0.4 is 5.43 Å². The van der Waals surface area contributed by atoms with E-state index in [0.29, 0.717) is 36.0 Å². The Morgan fingerprint density at radius 3 is 2.38 bits per heavy atom. The predicted octanol–water partition coefficient (Wildman–Crippen LogP) is 5.06. The Labute approximate surface area is 201 Å². The number of aryl methyl sites for hydroxylation is 1. The van der Waals surface area contributed by atoms with Gasteiger partial charge in [-0.25, -0.2) is 0 Å². The van der Waals surface area contributed by atoms with Crippen LogP contribution >= 0.6 is 0 Å². The van der Waals surface area contributed by atoms with Crippen molar-refractivity contribution in [1.82, 2.24) is 9.80 Å². The molecule has 0 aliphatic rings. The molecule has 0 bridgehead atoms. The van der Waals surface area contributed by atoms with Gasteiger partial charge in [-0.1, -0.05) is 62.2 Å². The fraction of sp³-hybridized carbons (Fsp3) is 0.393. The van der Waals surface area contributed by atoms with Gasteiger partial charge in [-0.15, -0.1) is 0 Å². The van der Waals surface area contributed by atoms with E-state index >= 15 is 0 Å². The zero-order valence-corrected chi connectivity index (χ0v) is 20.4. The van der Waals surface area contributed by atoms with Gasteiger partial charge >= 0.3 is 0 Å². The first-order valence-corrected chi connectivity index (χ1v) is 12.0. The Kier molecular flexibility index (Phi) is 9.02. The molecule has 34 heavy (non-hydrogen) atoms. The molecule has 2 amide bonds. The monoisotopic (exact) mass is 462 g/mol. The number of amides is 2. The minimum atomic E-state index is -0.187. The van der Waals surface area contributed by atoms with Crippen LogP contribution in [-0.4, -0.2) is 34.7 Å². The number of unbranched alkanes of at least 4 members (excludes halogenated alkanes) is 1. The lowest BCUT2D eigenvalue weighted by Crippen LogP contribution is -2.43. The fourth-order valence-corrected chi connectivity index (χ4v) is 3.91. The lowest BCUT2D eigenvalue weighted by molar-refractivity contribution is -0.141. The Hall–Kier alpha value is -3.41. The molecule has 6 heteroatoms. The second kappa shape index (κ2) is 12.2. The summed E-state index contributed by atoms with van der Waals surface area (Å²) >= 11 is 0. The maximum absolute atomic E-state index is 13.5. The van der Waals surface area contributed by atoms with Crippen LogP contribution in [0.1, 0.15) is 56.2 Å². The van der Waals surface area contributed by atoms with Gasteiger partial charge in [0, 0.05) is 19.5 Å². The van der Waals surface area contributed by atoms with Crippen molar-refractivity contribution < 1.29 is 14.0 Å². The van der Waals surface area contributed by atoms with E-state index in [-0.39, 0.29) is 30.3 Å². The van der Waals surface area contributed by atoms with Crippen molar-refractivity contribution in [2.24, 2.45) is 0 Å². The molecule has 6 nitrogen and oxygen atoms in total. The molecule has 3 aromatic rings. The largest absolute Gasteiger partial charge is 0.464 e. The van der Waals surface area contributed by atoms with Crippen molar-refractivity contribution in [2.75, 3.05) is 13.1 Å². The lowest BCUT2D eigenvalue weighted by atomic mass is 10.1. The number of benzene rings is 2. The van der Waals surface area contributed by atoms with Crippen molar-refractivity contribution in [2.45, 2.75) is 59.5 Å². The third kappa shape index (κ3) is 6.56. The minimum Gasteiger partial charge on any atom is -0.464 e. The van der Waals surface area contributed by atoms with Crippen molar-refractivity contribution in [3.63, 3.8) is 0 Å². The SMILES string of the molecule is CCCCN(CC(=O)N(Cc1ccccc1)Cc1coc2ccc(C)cc2c1=O)C(=O)CCC. The molecule has 0 fully saturated rings. The topological polar surface area (TPSA) is 70.8 Å². The number of carbonyl (C=O) groups is 2. The highest BCUT2D eigenvalue weighted by atomic mass is 16.3. The summed E-state index contributed by atoms with van der Waals surface area (Å²) in [6, 6.07) is 15.2. The first-order valence-electron chi connectivity index (χ1n) is 12.0. The zero-order chi connectivity index (χ0) is 24.5. The van der Waals surface area contributed by atoms with Gasteiger partial charge in [0.15, 0.2) is 5.43 Å². The highest BCUT2D eigenvalue weighted by molar-refractivity contribution is 5.85. The summed E-state index contributed by atoms with van der Waals surface area (Å²) in [5.74, 6) is -0.196. The molecule has 180 valence electrons. The van der Waals surface area contributed by atoms with Gasteiger partial charge in [-0.3, -0.25) is 14.4 Å². The first kappa shape index (κ1) is 25.2. The molecular weight excluding hydrogens is 428 g/mol. The highest BCUT2D eigenvalue weighted by Gasteiger charge is 2.22. The molecule has 0 saturated carbocycles. The van der Waals surface area contributed by atoms with Crippen LogP contribution in [0.3, 0.4) is 0 Å². The number of nitrogens with zero attached hydrogens (tertiary/aromatic N) is 2. The van der Waals surface area contributed by atoms with Gasteiger partial charge in [-0.05, 0) is 37.5 Å². The Morgan fingerprint density at radius 1 is 0.912 bits per heavy atom. The number of hydrogen-bond acceptors (Lipinski definition) is 4. The molecular formula is C28H34N2O4. The molecule has 1 heterocycles. The van der Waals surface area contributed by atoms with Crippen molar-refractivity contribution in [3.05, 3.63) is 81.7 Å². The van der Waals surface area contributed by atoms with Crippen LogP contribution in [0.2, 0.25) is 0 Å². The summed E-state index contributed by atoms with van der Waals surface area (Å²) in [6.07, 6.45) is 4.39. The molecule has 0 aliphatic carbocycles. The standard InChI is InChI=1S/C28H34N2O4/c1-4-6-15-29(26(31)10-5-2)19-27(32)30(17-22-11-8-7-9-12-22)18-23-20-34-25-14-13-21(3)16-24(25)28(23)33/h7-9,11-14,16,20H,4-6,10,15,17-19H2,1-3H3. The fourth-order valence-electron chi connectivity index (χ4n) is 3.91. The molecule has 0 aliphatic heterocycles. The molecule has 0 unspecified atom stereocenters. The van der Waals surface area contributed by atoms with Gasteiger partial charge < -0.3 is 14.2 Å². The highest BCUT2D eigenvalue weighted by Crippen LogP contribution is 2.16. The summed E-state index contributed by atoms with van der Waals surface area (Å²) in [7, 11) is 0. The van der Waals surface area contributed by atoms with Gasteiger partial charge in [0.25, 0.3) is 0 Å². The van der Waals surface area contributed by atoms with Gasteiger partial charge in [0.05, 0.1) is 30.3 Å².